The van der Waals surface area contributed by atoms with Crippen molar-refractivity contribution in [3.8, 4) is 5.75 Å². The smallest absolute Gasteiger partial charge is 0.343 e. The van der Waals surface area contributed by atoms with Gasteiger partial charge in [-0.2, -0.15) is 5.10 Å². The second-order valence-electron chi connectivity index (χ2n) is 4.62. The zero-order valence-electron chi connectivity index (χ0n) is 12.9. The van der Waals surface area contributed by atoms with Gasteiger partial charge in [0.25, 0.3) is 5.91 Å². The third kappa shape index (κ3) is 5.10. The lowest BCUT2D eigenvalue weighted by molar-refractivity contribution is -0.142. The molecule has 0 aliphatic carbocycles. The first-order valence-corrected chi connectivity index (χ1v) is 7.35. The summed E-state index contributed by atoms with van der Waals surface area (Å²) in [5, 5.41) is 4.23. The first kappa shape index (κ1) is 17.5. The van der Waals surface area contributed by atoms with Gasteiger partial charge in [-0.1, -0.05) is 35.9 Å². The number of halogens is 1. The van der Waals surface area contributed by atoms with Crippen molar-refractivity contribution in [2.45, 2.75) is 0 Å². The molecule has 0 heterocycles. The van der Waals surface area contributed by atoms with Crippen molar-refractivity contribution in [3.63, 3.8) is 0 Å². The van der Waals surface area contributed by atoms with Crippen molar-refractivity contribution < 1.29 is 19.1 Å². The molecule has 0 unspecified atom stereocenters. The van der Waals surface area contributed by atoms with E-state index in [1.807, 2.05) is 0 Å². The van der Waals surface area contributed by atoms with Crippen LogP contribution in [0.4, 0.5) is 0 Å². The van der Waals surface area contributed by atoms with Crippen LogP contribution in [0.1, 0.15) is 15.9 Å². The Kier molecular flexibility index (Phi) is 6.33. The fourth-order valence-electron chi connectivity index (χ4n) is 1.76. The monoisotopic (exact) mass is 346 g/mol. The molecule has 24 heavy (non-hydrogen) atoms. The lowest BCUT2D eigenvalue weighted by Crippen LogP contribution is -2.17. The first-order valence-electron chi connectivity index (χ1n) is 6.98. The van der Waals surface area contributed by atoms with E-state index in [2.05, 4.69) is 15.3 Å². The molecule has 1 N–H and O–H groups in total. The first-order chi connectivity index (χ1) is 11.6. The number of methoxy groups -OCH3 is 1. The van der Waals surface area contributed by atoms with E-state index in [-0.39, 0.29) is 6.61 Å². The zero-order valence-corrected chi connectivity index (χ0v) is 13.6. The van der Waals surface area contributed by atoms with Gasteiger partial charge in [0, 0.05) is 0 Å². The van der Waals surface area contributed by atoms with Crippen molar-refractivity contribution >= 4 is 29.7 Å². The second-order valence-corrected chi connectivity index (χ2v) is 5.02. The quantitative estimate of drug-likeness (QED) is 0.495. The summed E-state index contributed by atoms with van der Waals surface area (Å²) in [7, 11) is 1.29. The summed E-state index contributed by atoms with van der Waals surface area (Å²) in [5.74, 6) is -0.391. The Balaban J connectivity index is 1.95. The molecular formula is C17H15ClN2O4. The van der Waals surface area contributed by atoms with Crippen LogP contribution in [-0.4, -0.2) is 31.8 Å². The Morgan fingerprint density at radius 2 is 2.00 bits per heavy atom. The Bertz CT molecular complexity index is 762. The van der Waals surface area contributed by atoms with E-state index in [4.69, 9.17) is 16.3 Å². The molecule has 0 aromatic heterocycles. The number of hydrogen-bond acceptors (Lipinski definition) is 5. The highest BCUT2D eigenvalue weighted by Crippen LogP contribution is 2.14. The molecule has 1 amide bonds. The van der Waals surface area contributed by atoms with Gasteiger partial charge in [-0.3, -0.25) is 4.79 Å². The number of ether oxygens (including phenoxy) is 2. The molecule has 6 nitrogen and oxygen atoms in total. The Hall–Kier alpha value is -2.86. The van der Waals surface area contributed by atoms with E-state index in [9.17, 15) is 9.59 Å². The number of hydrogen-bond donors (Lipinski definition) is 1. The summed E-state index contributed by atoms with van der Waals surface area (Å²) in [6.45, 7) is -0.180. The fourth-order valence-corrected chi connectivity index (χ4v) is 1.98. The van der Waals surface area contributed by atoms with Crippen molar-refractivity contribution in [2.24, 2.45) is 5.10 Å². The van der Waals surface area contributed by atoms with E-state index >= 15 is 0 Å². The highest BCUT2D eigenvalue weighted by molar-refractivity contribution is 6.33. The molecule has 2 aromatic rings. The third-order valence-corrected chi connectivity index (χ3v) is 3.27. The Morgan fingerprint density at radius 1 is 1.21 bits per heavy atom. The zero-order chi connectivity index (χ0) is 17.4. The largest absolute Gasteiger partial charge is 0.482 e. The topological polar surface area (TPSA) is 77.0 Å². The number of rotatable bonds is 6. The maximum absolute atomic E-state index is 11.9. The molecule has 0 bridgehead atoms. The third-order valence-electron chi connectivity index (χ3n) is 2.94. The molecule has 0 saturated carbocycles. The van der Waals surface area contributed by atoms with E-state index in [1.165, 1.54) is 13.3 Å². The van der Waals surface area contributed by atoms with Crippen LogP contribution in [0.15, 0.2) is 53.6 Å². The minimum atomic E-state index is -0.471. The number of nitrogens with zero attached hydrogens (tertiary/aromatic N) is 1. The van der Waals surface area contributed by atoms with Gasteiger partial charge in [-0.15, -0.1) is 0 Å². The number of carbonyl (C=O) groups is 2. The van der Waals surface area contributed by atoms with Gasteiger partial charge in [0.15, 0.2) is 6.61 Å². The maximum atomic E-state index is 11.9. The van der Waals surface area contributed by atoms with Gasteiger partial charge < -0.3 is 9.47 Å². The fraction of sp³-hybridized carbons (Fsp3) is 0.118. The molecular weight excluding hydrogens is 332 g/mol. The van der Waals surface area contributed by atoms with Crippen molar-refractivity contribution in [1.29, 1.82) is 0 Å². The standard InChI is InChI=1S/C17H15ClN2O4/c1-23-16(21)11-24-13-6-4-5-12(9-13)10-19-20-17(22)14-7-2-3-8-15(14)18/h2-10H,11H2,1H3,(H,20,22)/b19-10-. The summed E-state index contributed by atoms with van der Waals surface area (Å²) in [4.78, 5) is 23.0. The van der Waals surface area contributed by atoms with Crippen molar-refractivity contribution in [2.75, 3.05) is 13.7 Å². The Morgan fingerprint density at radius 3 is 2.75 bits per heavy atom. The average molecular weight is 347 g/mol. The molecule has 2 aromatic carbocycles. The molecule has 2 rings (SSSR count). The molecule has 0 spiro atoms. The lowest BCUT2D eigenvalue weighted by atomic mass is 10.2. The maximum Gasteiger partial charge on any atom is 0.343 e. The van der Waals surface area contributed by atoms with E-state index < -0.39 is 11.9 Å². The summed E-state index contributed by atoms with van der Waals surface area (Å²) in [5.41, 5.74) is 3.43. The van der Waals surface area contributed by atoms with Gasteiger partial charge in [-0.25, -0.2) is 10.2 Å². The van der Waals surface area contributed by atoms with Crippen LogP contribution in [0, 0.1) is 0 Å². The molecule has 0 radical (unpaired) electrons. The molecule has 124 valence electrons. The number of carbonyl (C=O) groups excluding carboxylic acids is 2. The van der Waals surface area contributed by atoms with Crippen LogP contribution in [0.3, 0.4) is 0 Å². The van der Waals surface area contributed by atoms with Crippen molar-refractivity contribution in [3.05, 3.63) is 64.7 Å². The van der Waals surface area contributed by atoms with E-state index in [1.54, 1.807) is 48.5 Å². The summed E-state index contributed by atoms with van der Waals surface area (Å²) in [6.07, 6.45) is 1.46. The van der Waals surface area contributed by atoms with Gasteiger partial charge in [0.1, 0.15) is 5.75 Å². The predicted octanol–water partition coefficient (Wildman–Crippen LogP) is 2.66. The minimum Gasteiger partial charge on any atom is -0.482 e. The highest BCUT2D eigenvalue weighted by Gasteiger charge is 2.07. The predicted molar refractivity (Wildman–Crippen MR) is 90.5 cm³/mol. The molecule has 0 aliphatic heterocycles. The van der Waals surface area contributed by atoms with E-state index in [0.717, 1.165) is 0 Å². The number of benzene rings is 2. The van der Waals surface area contributed by atoms with Crippen LogP contribution in [0.25, 0.3) is 0 Å². The van der Waals surface area contributed by atoms with Gasteiger partial charge in [0.2, 0.25) is 0 Å². The number of amides is 1. The van der Waals surface area contributed by atoms with Crippen LogP contribution in [0.2, 0.25) is 5.02 Å². The SMILES string of the molecule is COC(=O)COc1cccc(/C=N\NC(=O)c2ccccc2Cl)c1. The van der Waals surface area contributed by atoms with Gasteiger partial charge in [-0.05, 0) is 29.8 Å². The normalized spacial score (nSPS) is 10.4. The van der Waals surface area contributed by atoms with Gasteiger partial charge >= 0.3 is 5.97 Å². The molecule has 0 saturated heterocycles. The van der Waals surface area contributed by atoms with Crippen LogP contribution in [-0.2, 0) is 9.53 Å². The highest BCUT2D eigenvalue weighted by atomic mass is 35.5. The summed E-state index contributed by atoms with van der Waals surface area (Å²) < 4.78 is 9.77. The van der Waals surface area contributed by atoms with E-state index in [0.29, 0.717) is 21.9 Å². The van der Waals surface area contributed by atoms with Crippen molar-refractivity contribution in [1.82, 2.24) is 5.43 Å². The van der Waals surface area contributed by atoms with Crippen LogP contribution >= 0.6 is 11.6 Å². The average Bonchev–Trinajstić information content (AvgIpc) is 2.60. The number of hydrazone groups is 1. The van der Waals surface area contributed by atoms with Crippen LogP contribution in [0.5, 0.6) is 5.75 Å². The lowest BCUT2D eigenvalue weighted by Gasteiger charge is -2.05. The van der Waals surface area contributed by atoms with Crippen LogP contribution < -0.4 is 10.2 Å². The molecule has 7 heteroatoms. The Labute approximate surface area is 144 Å². The molecule has 0 aliphatic rings. The number of nitrogens with one attached hydrogen (secondary N) is 1. The molecule has 0 atom stereocenters. The minimum absolute atomic E-state index is 0.180. The summed E-state index contributed by atoms with van der Waals surface area (Å²) >= 11 is 5.94. The van der Waals surface area contributed by atoms with Gasteiger partial charge in [0.05, 0.1) is 23.9 Å². The summed E-state index contributed by atoms with van der Waals surface area (Å²) in [6, 6.07) is 13.6. The molecule has 0 fully saturated rings. The second kappa shape index (κ2) is 8.69. The number of esters is 1.